The van der Waals surface area contributed by atoms with Crippen molar-refractivity contribution in [3.63, 3.8) is 0 Å². The van der Waals surface area contributed by atoms with E-state index in [1.54, 1.807) is 30.3 Å². The van der Waals surface area contributed by atoms with Crippen LogP contribution in [0.5, 0.6) is 0 Å². The molecule has 0 aromatic heterocycles. The lowest BCUT2D eigenvalue weighted by Gasteiger charge is -2.12. The van der Waals surface area contributed by atoms with Crippen LogP contribution in [0.15, 0.2) is 70.5 Å². The summed E-state index contributed by atoms with van der Waals surface area (Å²) in [6, 6.07) is 21.4. The number of fused-ring (bicyclic) bond motifs is 1. The summed E-state index contributed by atoms with van der Waals surface area (Å²) in [5.41, 5.74) is 0.791. The monoisotopic (exact) mass is 337 g/mol. The first-order valence-electron chi connectivity index (χ1n) is 8.37. The normalized spacial score (nSPS) is 11.7. The maximum atomic E-state index is 13.3. The molecule has 0 aliphatic rings. The molecule has 123 valence electrons. The molecule has 0 spiro atoms. The Labute approximate surface area is 144 Å². The summed E-state index contributed by atoms with van der Waals surface area (Å²) in [6.07, 6.45) is 3.93. The highest BCUT2D eigenvalue weighted by Gasteiger charge is 2.22. The molecule has 0 amide bonds. The second kappa shape index (κ2) is 7.18. The van der Waals surface area contributed by atoms with Crippen LogP contribution in [0.2, 0.25) is 0 Å². The Kier molecular flexibility index (Phi) is 5.00. The fourth-order valence-corrected chi connectivity index (χ4v) is 4.72. The summed E-state index contributed by atoms with van der Waals surface area (Å²) >= 11 is 0. The number of hydrogen-bond acceptors (Lipinski definition) is 2. The van der Waals surface area contributed by atoms with E-state index in [-0.39, 0.29) is 0 Å². The molecule has 3 aromatic rings. The topological polar surface area (TPSA) is 34.1 Å². The average molecular weight is 337 g/mol. The molecule has 3 heteroatoms. The van der Waals surface area contributed by atoms with Gasteiger partial charge in [-0.25, -0.2) is 8.42 Å². The molecule has 2 nitrogen and oxygen atoms in total. The van der Waals surface area contributed by atoms with E-state index in [4.69, 9.17) is 0 Å². The molecule has 3 aromatic carbocycles. The summed E-state index contributed by atoms with van der Waals surface area (Å²) in [5, 5.41) is 1.70. The van der Waals surface area contributed by atoms with E-state index < -0.39 is 9.84 Å². The van der Waals surface area contributed by atoms with Crippen molar-refractivity contribution in [2.45, 2.75) is 42.4 Å². The summed E-state index contributed by atoms with van der Waals surface area (Å²) in [5.74, 6) is 0. The molecule has 0 aliphatic heterocycles. The first-order chi connectivity index (χ1) is 11.6. The Balaban J connectivity index is 2.11. The Morgan fingerprint density at radius 3 is 2.46 bits per heavy atom. The van der Waals surface area contributed by atoms with Gasteiger partial charge in [0.2, 0.25) is 9.84 Å². The Hall–Kier alpha value is -2.13. The van der Waals surface area contributed by atoms with Crippen molar-refractivity contribution in [2.24, 2.45) is 0 Å². The minimum Gasteiger partial charge on any atom is -0.218 e. The molecular weight excluding hydrogens is 316 g/mol. The lowest BCUT2D eigenvalue weighted by Crippen LogP contribution is -2.06. The summed E-state index contributed by atoms with van der Waals surface area (Å²) in [6.45, 7) is 2.14. The van der Waals surface area contributed by atoms with Crippen LogP contribution in [0.4, 0.5) is 0 Å². The van der Waals surface area contributed by atoms with Gasteiger partial charge in [0.15, 0.2) is 0 Å². The summed E-state index contributed by atoms with van der Waals surface area (Å²) in [4.78, 5) is 0.759. The van der Waals surface area contributed by atoms with E-state index in [1.165, 1.54) is 0 Å². The van der Waals surface area contributed by atoms with Gasteiger partial charge < -0.3 is 0 Å². The number of unbranched alkanes of at least 4 members (excludes halogenated alkanes) is 2. The van der Waals surface area contributed by atoms with Crippen molar-refractivity contribution in [1.29, 1.82) is 0 Å². The maximum absolute atomic E-state index is 13.3. The van der Waals surface area contributed by atoms with E-state index in [9.17, 15) is 8.42 Å². The van der Waals surface area contributed by atoms with Gasteiger partial charge in [-0.2, -0.15) is 0 Å². The van der Waals surface area contributed by atoms with Crippen LogP contribution in [-0.2, 0) is 16.3 Å². The number of aryl methyl sites for hydroxylation is 1. The SMILES string of the molecule is CCCCCc1[c]cccc1S(=O)(=O)c1cccc2ccccc12. The van der Waals surface area contributed by atoms with Gasteiger partial charge in [-0.1, -0.05) is 68.3 Å². The Bertz CT molecular complexity index is 937. The van der Waals surface area contributed by atoms with Gasteiger partial charge in [-0.3, -0.25) is 0 Å². The molecule has 0 saturated carbocycles. The third-order valence-electron chi connectivity index (χ3n) is 4.26. The first-order valence-corrected chi connectivity index (χ1v) is 9.85. The van der Waals surface area contributed by atoms with Crippen LogP contribution >= 0.6 is 0 Å². The molecule has 0 heterocycles. The first kappa shape index (κ1) is 16.7. The maximum Gasteiger partial charge on any atom is 0.207 e. The number of hydrogen-bond donors (Lipinski definition) is 0. The quantitative estimate of drug-likeness (QED) is 0.579. The van der Waals surface area contributed by atoms with E-state index in [1.807, 2.05) is 30.3 Å². The summed E-state index contributed by atoms with van der Waals surface area (Å²) < 4.78 is 26.6. The van der Waals surface area contributed by atoms with Crippen LogP contribution in [-0.4, -0.2) is 8.42 Å². The van der Waals surface area contributed by atoms with Crippen LogP contribution in [0.3, 0.4) is 0 Å². The zero-order chi connectivity index (χ0) is 17.0. The van der Waals surface area contributed by atoms with Crippen molar-refractivity contribution in [2.75, 3.05) is 0 Å². The second-order valence-corrected chi connectivity index (χ2v) is 7.84. The summed E-state index contributed by atoms with van der Waals surface area (Å²) in [7, 11) is -3.56. The third kappa shape index (κ3) is 3.22. The average Bonchev–Trinajstić information content (AvgIpc) is 2.62. The predicted octanol–water partition coefficient (Wildman–Crippen LogP) is 5.21. The molecule has 0 unspecified atom stereocenters. The van der Waals surface area contributed by atoms with Gasteiger partial charge in [-0.15, -0.1) is 0 Å². The molecule has 0 fully saturated rings. The lowest BCUT2D eigenvalue weighted by atomic mass is 10.1. The molecule has 0 N–H and O–H groups in total. The molecule has 0 bridgehead atoms. The standard InChI is InChI=1S/C21H21O2S/c1-2-3-4-11-18-12-6-8-15-20(18)24(22,23)21-16-9-13-17-10-5-7-14-19(17)21/h5-10,13-16H,2-4,11H2,1H3. The van der Waals surface area contributed by atoms with Crippen LogP contribution in [0.1, 0.15) is 31.7 Å². The smallest absolute Gasteiger partial charge is 0.207 e. The minimum absolute atomic E-state index is 0.372. The Morgan fingerprint density at radius 2 is 1.62 bits per heavy atom. The van der Waals surface area contributed by atoms with E-state index >= 15 is 0 Å². The number of sulfone groups is 1. The van der Waals surface area contributed by atoms with Gasteiger partial charge in [0.25, 0.3) is 0 Å². The highest BCUT2D eigenvalue weighted by Crippen LogP contribution is 2.30. The fourth-order valence-electron chi connectivity index (χ4n) is 3.00. The van der Waals surface area contributed by atoms with Crippen LogP contribution in [0.25, 0.3) is 10.8 Å². The zero-order valence-corrected chi connectivity index (χ0v) is 14.6. The van der Waals surface area contributed by atoms with Gasteiger partial charge in [0, 0.05) is 5.39 Å². The largest absolute Gasteiger partial charge is 0.218 e. The third-order valence-corrected chi connectivity index (χ3v) is 6.15. The number of rotatable bonds is 6. The van der Waals surface area contributed by atoms with Gasteiger partial charge in [-0.05, 0) is 42.0 Å². The van der Waals surface area contributed by atoms with Gasteiger partial charge in [0.1, 0.15) is 0 Å². The van der Waals surface area contributed by atoms with Crippen molar-refractivity contribution < 1.29 is 8.42 Å². The molecule has 24 heavy (non-hydrogen) atoms. The van der Waals surface area contributed by atoms with Crippen LogP contribution < -0.4 is 0 Å². The Morgan fingerprint density at radius 1 is 0.875 bits per heavy atom. The van der Waals surface area contributed by atoms with Crippen molar-refractivity contribution in [1.82, 2.24) is 0 Å². The molecule has 3 rings (SSSR count). The molecule has 0 saturated heterocycles. The van der Waals surface area contributed by atoms with E-state index in [2.05, 4.69) is 13.0 Å². The predicted molar refractivity (Wildman–Crippen MR) is 97.9 cm³/mol. The highest BCUT2D eigenvalue weighted by molar-refractivity contribution is 7.91. The van der Waals surface area contributed by atoms with Crippen molar-refractivity contribution >= 4 is 20.6 Å². The highest BCUT2D eigenvalue weighted by atomic mass is 32.2. The van der Waals surface area contributed by atoms with Gasteiger partial charge >= 0.3 is 0 Å². The van der Waals surface area contributed by atoms with E-state index in [0.717, 1.165) is 42.0 Å². The lowest BCUT2D eigenvalue weighted by molar-refractivity contribution is 0.595. The molecule has 0 aliphatic carbocycles. The fraction of sp³-hybridized carbons (Fsp3) is 0.238. The van der Waals surface area contributed by atoms with E-state index in [0.29, 0.717) is 9.79 Å². The minimum atomic E-state index is -3.56. The second-order valence-electron chi connectivity index (χ2n) is 5.95. The van der Waals surface area contributed by atoms with Gasteiger partial charge in [0.05, 0.1) is 9.79 Å². The number of benzene rings is 3. The van der Waals surface area contributed by atoms with Crippen molar-refractivity contribution in [3.8, 4) is 0 Å². The van der Waals surface area contributed by atoms with Crippen LogP contribution in [0, 0.1) is 6.07 Å². The molecule has 1 radical (unpaired) electrons. The molecular formula is C21H21O2S. The van der Waals surface area contributed by atoms with Crippen molar-refractivity contribution in [3.05, 3.63) is 72.3 Å². The zero-order valence-electron chi connectivity index (χ0n) is 13.8. The molecule has 0 atom stereocenters.